The monoisotopic (exact) mass is 212 g/mol. The number of hydrogen-bond acceptors (Lipinski definition) is 2. The maximum Gasteiger partial charge on any atom is 0.334 e. The zero-order chi connectivity index (χ0) is 9.78. The van der Waals surface area contributed by atoms with Crippen LogP contribution in [0.4, 0.5) is 0 Å². The molecule has 12 heavy (non-hydrogen) atoms. The van der Waals surface area contributed by atoms with E-state index in [-0.39, 0.29) is 12.2 Å². The standard InChI is InChI=1S/C7H10Cl2O3/c1-3-12-4-7(8,9)5(2)6(10)11/h2-4H2,1H3,(H,10,11). The fourth-order valence-corrected chi connectivity index (χ4v) is 0.790. The van der Waals surface area contributed by atoms with Crippen LogP contribution in [0, 0.1) is 0 Å². The average molecular weight is 213 g/mol. The Balaban J connectivity index is 4.19. The van der Waals surface area contributed by atoms with E-state index < -0.39 is 10.3 Å². The van der Waals surface area contributed by atoms with Crippen molar-refractivity contribution in [3.63, 3.8) is 0 Å². The lowest BCUT2D eigenvalue weighted by Crippen LogP contribution is -2.27. The molecule has 0 aromatic rings. The van der Waals surface area contributed by atoms with Crippen LogP contribution in [0.2, 0.25) is 0 Å². The summed E-state index contributed by atoms with van der Waals surface area (Å²) in [6, 6.07) is 0. The van der Waals surface area contributed by atoms with Gasteiger partial charge in [0.25, 0.3) is 0 Å². The predicted molar refractivity (Wildman–Crippen MR) is 47.7 cm³/mol. The Morgan fingerprint density at radius 2 is 2.17 bits per heavy atom. The van der Waals surface area contributed by atoms with Gasteiger partial charge in [0.15, 0.2) is 4.33 Å². The zero-order valence-corrected chi connectivity index (χ0v) is 8.15. The molecular formula is C7H10Cl2O3. The van der Waals surface area contributed by atoms with E-state index in [2.05, 4.69) is 6.58 Å². The highest BCUT2D eigenvalue weighted by Crippen LogP contribution is 2.29. The third-order valence-corrected chi connectivity index (χ3v) is 1.86. The molecule has 0 spiro atoms. The van der Waals surface area contributed by atoms with Crippen molar-refractivity contribution in [1.29, 1.82) is 0 Å². The fraction of sp³-hybridized carbons (Fsp3) is 0.571. The van der Waals surface area contributed by atoms with Gasteiger partial charge in [0, 0.05) is 6.61 Å². The summed E-state index contributed by atoms with van der Waals surface area (Å²) in [6.45, 7) is 5.35. The molecule has 0 aromatic carbocycles. The number of halogens is 2. The Hall–Kier alpha value is -0.250. The van der Waals surface area contributed by atoms with Gasteiger partial charge in [-0.2, -0.15) is 0 Å². The lowest BCUT2D eigenvalue weighted by Gasteiger charge is -2.18. The Bertz CT molecular complexity index is 189. The molecule has 0 aliphatic rings. The summed E-state index contributed by atoms with van der Waals surface area (Å²) in [7, 11) is 0. The van der Waals surface area contributed by atoms with Gasteiger partial charge in [-0.3, -0.25) is 0 Å². The van der Waals surface area contributed by atoms with Gasteiger partial charge in [0.05, 0.1) is 12.2 Å². The van der Waals surface area contributed by atoms with Crippen molar-refractivity contribution in [3.05, 3.63) is 12.2 Å². The van der Waals surface area contributed by atoms with Crippen LogP contribution < -0.4 is 0 Å². The summed E-state index contributed by atoms with van der Waals surface area (Å²) in [5.74, 6) is -1.22. The fourth-order valence-electron chi connectivity index (χ4n) is 0.474. The van der Waals surface area contributed by atoms with Crippen molar-refractivity contribution in [2.75, 3.05) is 13.2 Å². The number of carboxylic acids is 1. The van der Waals surface area contributed by atoms with E-state index >= 15 is 0 Å². The molecule has 1 N–H and O–H groups in total. The first-order valence-electron chi connectivity index (χ1n) is 3.30. The first-order valence-corrected chi connectivity index (χ1v) is 4.05. The summed E-state index contributed by atoms with van der Waals surface area (Å²) >= 11 is 11.2. The first kappa shape index (κ1) is 11.8. The number of hydrogen-bond donors (Lipinski definition) is 1. The van der Waals surface area contributed by atoms with Crippen LogP contribution in [0.25, 0.3) is 0 Å². The molecule has 0 fully saturated rings. The van der Waals surface area contributed by atoms with E-state index in [1.807, 2.05) is 0 Å². The van der Waals surface area contributed by atoms with E-state index in [0.29, 0.717) is 6.61 Å². The van der Waals surface area contributed by atoms with E-state index in [4.69, 9.17) is 33.0 Å². The Kier molecular flexibility index (Phi) is 4.60. The third-order valence-electron chi connectivity index (χ3n) is 1.19. The van der Waals surface area contributed by atoms with E-state index in [9.17, 15) is 4.79 Å². The van der Waals surface area contributed by atoms with Crippen LogP contribution in [0.3, 0.4) is 0 Å². The van der Waals surface area contributed by atoms with E-state index in [0.717, 1.165) is 0 Å². The van der Waals surface area contributed by atoms with Crippen molar-refractivity contribution in [2.45, 2.75) is 11.3 Å². The number of rotatable bonds is 5. The van der Waals surface area contributed by atoms with Crippen LogP contribution in [-0.4, -0.2) is 28.6 Å². The molecule has 0 atom stereocenters. The number of ether oxygens (including phenoxy) is 1. The van der Waals surface area contributed by atoms with Crippen molar-refractivity contribution >= 4 is 29.2 Å². The van der Waals surface area contributed by atoms with Crippen LogP contribution in [0.1, 0.15) is 6.92 Å². The lowest BCUT2D eigenvalue weighted by atomic mass is 10.2. The molecule has 0 radical (unpaired) electrons. The molecule has 0 heterocycles. The van der Waals surface area contributed by atoms with Gasteiger partial charge in [0.1, 0.15) is 0 Å². The van der Waals surface area contributed by atoms with Gasteiger partial charge in [-0.25, -0.2) is 4.79 Å². The zero-order valence-electron chi connectivity index (χ0n) is 6.64. The molecule has 0 aliphatic heterocycles. The molecule has 0 aliphatic carbocycles. The van der Waals surface area contributed by atoms with Crippen molar-refractivity contribution < 1.29 is 14.6 Å². The highest BCUT2D eigenvalue weighted by Gasteiger charge is 2.32. The second-order valence-corrected chi connectivity index (χ2v) is 3.61. The molecule has 0 aromatic heterocycles. The average Bonchev–Trinajstić information content (AvgIpc) is 1.99. The molecule has 0 unspecified atom stereocenters. The highest BCUT2D eigenvalue weighted by atomic mass is 35.5. The Labute approximate surface area is 80.9 Å². The normalized spacial score (nSPS) is 11.2. The Morgan fingerprint density at radius 3 is 2.50 bits per heavy atom. The van der Waals surface area contributed by atoms with Gasteiger partial charge < -0.3 is 9.84 Å². The number of carboxylic acid groups (broad SMARTS) is 1. The second-order valence-electron chi connectivity index (χ2n) is 2.13. The predicted octanol–water partition coefficient (Wildman–Crippen LogP) is 1.84. The van der Waals surface area contributed by atoms with Gasteiger partial charge in [-0.15, -0.1) is 0 Å². The molecular weight excluding hydrogens is 203 g/mol. The molecule has 0 saturated carbocycles. The van der Waals surface area contributed by atoms with Gasteiger partial charge in [-0.1, -0.05) is 29.8 Å². The molecule has 0 saturated heterocycles. The van der Waals surface area contributed by atoms with E-state index in [1.165, 1.54) is 0 Å². The summed E-state index contributed by atoms with van der Waals surface area (Å²) in [6.07, 6.45) is 0. The van der Waals surface area contributed by atoms with Gasteiger partial charge >= 0.3 is 5.97 Å². The Morgan fingerprint density at radius 1 is 1.67 bits per heavy atom. The van der Waals surface area contributed by atoms with Gasteiger partial charge in [-0.05, 0) is 6.92 Å². The van der Waals surface area contributed by atoms with Crippen molar-refractivity contribution in [2.24, 2.45) is 0 Å². The third kappa shape index (κ3) is 3.43. The lowest BCUT2D eigenvalue weighted by molar-refractivity contribution is -0.133. The quantitative estimate of drug-likeness (QED) is 0.559. The maximum atomic E-state index is 10.4. The summed E-state index contributed by atoms with van der Waals surface area (Å²) < 4.78 is 3.34. The summed E-state index contributed by atoms with van der Waals surface area (Å²) in [5, 5.41) is 8.49. The minimum atomic E-state index is -1.54. The van der Waals surface area contributed by atoms with E-state index in [1.54, 1.807) is 6.92 Å². The molecule has 3 nitrogen and oxygen atoms in total. The summed E-state index contributed by atoms with van der Waals surface area (Å²) in [4.78, 5) is 10.4. The number of aliphatic carboxylic acids is 1. The highest BCUT2D eigenvalue weighted by molar-refractivity contribution is 6.52. The van der Waals surface area contributed by atoms with Crippen molar-refractivity contribution in [3.8, 4) is 0 Å². The SMILES string of the molecule is C=C(C(=O)O)C(Cl)(Cl)COCC. The molecule has 0 amide bonds. The van der Waals surface area contributed by atoms with Gasteiger partial charge in [0.2, 0.25) is 0 Å². The van der Waals surface area contributed by atoms with Crippen LogP contribution in [0.15, 0.2) is 12.2 Å². The second kappa shape index (κ2) is 4.70. The van der Waals surface area contributed by atoms with Crippen LogP contribution >= 0.6 is 23.2 Å². The van der Waals surface area contributed by atoms with Crippen LogP contribution in [-0.2, 0) is 9.53 Å². The molecule has 5 heteroatoms. The topological polar surface area (TPSA) is 46.5 Å². The maximum absolute atomic E-state index is 10.4. The largest absolute Gasteiger partial charge is 0.478 e. The number of alkyl halides is 2. The summed E-state index contributed by atoms with van der Waals surface area (Å²) in [5.41, 5.74) is -0.278. The minimum absolute atomic E-state index is 0.0717. The number of carbonyl (C=O) groups is 1. The molecule has 0 rings (SSSR count). The van der Waals surface area contributed by atoms with Crippen molar-refractivity contribution in [1.82, 2.24) is 0 Å². The smallest absolute Gasteiger partial charge is 0.334 e. The first-order chi connectivity index (χ1) is 5.41. The van der Waals surface area contributed by atoms with Crippen LogP contribution in [0.5, 0.6) is 0 Å². The molecule has 70 valence electrons. The minimum Gasteiger partial charge on any atom is -0.478 e. The molecule has 0 bridgehead atoms.